The van der Waals surface area contributed by atoms with Crippen molar-refractivity contribution in [2.24, 2.45) is 0 Å². The Morgan fingerprint density at radius 2 is 1.00 bits per heavy atom. The van der Waals surface area contributed by atoms with Gasteiger partial charge in [-0.1, -0.05) is 30.1 Å². The summed E-state index contributed by atoms with van der Waals surface area (Å²) in [5, 5.41) is 0. The molecule has 0 saturated heterocycles. The molecule has 0 aromatic rings. The molecular weight excluding hydrogens is 598 g/mol. The van der Waals surface area contributed by atoms with E-state index >= 15 is 0 Å². The first-order valence-corrected chi connectivity index (χ1v) is 22.8. The average Bonchev–Trinajstić information content (AvgIpc) is 2.80. The molecule has 0 aliphatic carbocycles. The summed E-state index contributed by atoms with van der Waals surface area (Å²) in [5.41, 5.74) is -1.92. The van der Waals surface area contributed by atoms with Crippen LogP contribution in [0.25, 0.3) is 0 Å². The molecule has 0 fully saturated rings. The number of rotatable bonds is 23. The predicted molar refractivity (Wildman–Crippen MR) is 158 cm³/mol. The van der Waals surface area contributed by atoms with Crippen molar-refractivity contribution in [3.63, 3.8) is 0 Å². The van der Waals surface area contributed by atoms with Gasteiger partial charge < -0.3 is 45.8 Å². The number of hydrogen-bond acceptors (Lipinski definition) is 10. The molecule has 226 valence electrons. The molecule has 0 spiro atoms. The number of phosphoric acid groups is 1. The summed E-state index contributed by atoms with van der Waals surface area (Å²) in [6, 6.07) is 1.55. The Labute approximate surface area is 235 Å². The maximum atomic E-state index is 8.88. The lowest BCUT2D eigenvalue weighted by Crippen LogP contribution is -2.46. The Kier molecular flexibility index (Phi) is 25.0. The largest absolute Gasteiger partial charge is 0.501 e. The molecule has 3 N–H and O–H groups in total. The highest BCUT2D eigenvalue weighted by atomic mass is 32.9. The van der Waals surface area contributed by atoms with Crippen LogP contribution >= 0.6 is 24.7 Å². The minimum atomic E-state index is -4.64. The van der Waals surface area contributed by atoms with Gasteiger partial charge in [-0.15, -0.1) is 0 Å². The summed E-state index contributed by atoms with van der Waals surface area (Å²) >= 11 is 7.70. The third kappa shape index (κ3) is 21.7. The van der Waals surface area contributed by atoms with E-state index in [4.69, 9.17) is 62.1 Å². The van der Waals surface area contributed by atoms with Crippen LogP contribution in [-0.4, -0.2) is 90.5 Å². The van der Waals surface area contributed by atoms with Crippen molar-refractivity contribution < 1.29 is 50.3 Å². The van der Waals surface area contributed by atoms with Crippen LogP contribution in [0.15, 0.2) is 0 Å². The van der Waals surface area contributed by atoms with Crippen molar-refractivity contribution in [1.29, 1.82) is 0 Å². The van der Waals surface area contributed by atoms with E-state index in [1.165, 1.54) is 0 Å². The van der Waals surface area contributed by atoms with Crippen LogP contribution in [0.5, 0.6) is 0 Å². The van der Waals surface area contributed by atoms with E-state index in [-0.39, 0.29) is 0 Å². The van der Waals surface area contributed by atoms with E-state index in [1.807, 2.05) is 41.5 Å². The molecule has 0 saturated carbocycles. The highest BCUT2D eigenvalue weighted by Crippen LogP contribution is 2.60. The fourth-order valence-corrected chi connectivity index (χ4v) is 13.2. The smallest absolute Gasteiger partial charge is 0.374 e. The first kappa shape index (κ1) is 40.4. The van der Waals surface area contributed by atoms with Crippen LogP contribution < -0.4 is 0 Å². The molecule has 17 heteroatoms. The lowest BCUT2D eigenvalue weighted by Gasteiger charge is -2.29. The van der Waals surface area contributed by atoms with Crippen molar-refractivity contribution >= 4 is 54.1 Å². The predicted octanol–water partition coefficient (Wildman–Crippen LogP) is 5.01. The van der Waals surface area contributed by atoms with Crippen molar-refractivity contribution in [2.75, 3.05) is 58.2 Å². The van der Waals surface area contributed by atoms with E-state index in [0.717, 1.165) is 36.8 Å². The van der Waals surface area contributed by atoms with Crippen molar-refractivity contribution in [1.82, 2.24) is 0 Å². The molecule has 11 nitrogen and oxygen atoms in total. The Hall–Kier alpha value is 1.26. The molecule has 0 aliphatic heterocycles. The van der Waals surface area contributed by atoms with Crippen LogP contribution in [0.4, 0.5) is 0 Å². The Bertz CT molecular complexity index is 567. The van der Waals surface area contributed by atoms with Gasteiger partial charge in [0.15, 0.2) is 0 Å². The van der Waals surface area contributed by atoms with Gasteiger partial charge in [0, 0.05) is 63.6 Å². The van der Waals surface area contributed by atoms with Gasteiger partial charge in [0.25, 0.3) is 0 Å². The van der Waals surface area contributed by atoms with Crippen molar-refractivity contribution in [3.8, 4) is 0 Å². The third-order valence-corrected chi connectivity index (χ3v) is 17.8. The SMILES string of the molecule is CCO[Si](CCCOP(=S)(CC)SCCC[Si](OCC)(OCC)OCC)(OCC)OCC.O=P(O)(O)O. The summed E-state index contributed by atoms with van der Waals surface area (Å²) in [6.45, 7) is 18.2. The molecular formula is C20H50O11P2S2Si2. The third-order valence-electron chi connectivity index (χ3n) is 4.40. The molecule has 0 aromatic heterocycles. The first-order chi connectivity index (χ1) is 17.3. The standard InChI is InChI=1S/C20H47O7PS2Si2.H3O4P/c1-8-22-31(23-9-2,24-10-3)19-15-17-21-28(29,14-7)30-18-16-20-32(25-11-4,26-12-5)27-13-6;1-5(2,3)4/h8-20H2,1-7H3;(H3,1,2,3,4). The van der Waals surface area contributed by atoms with Crippen molar-refractivity contribution in [3.05, 3.63) is 0 Å². The Morgan fingerprint density at radius 3 is 1.30 bits per heavy atom. The maximum absolute atomic E-state index is 8.88. The van der Waals surface area contributed by atoms with Gasteiger partial charge in [0.05, 0.1) is 6.61 Å². The molecule has 0 bridgehead atoms. The van der Waals surface area contributed by atoms with E-state index in [0.29, 0.717) is 46.2 Å². The minimum absolute atomic E-state index is 0.589. The Balaban J connectivity index is 0. The molecule has 0 heterocycles. The topological polar surface area (TPSA) is 142 Å². The zero-order valence-electron chi connectivity index (χ0n) is 23.5. The molecule has 0 rings (SSSR count). The van der Waals surface area contributed by atoms with Gasteiger partial charge in [-0.2, -0.15) is 0 Å². The van der Waals surface area contributed by atoms with E-state index in [9.17, 15) is 0 Å². The van der Waals surface area contributed by atoms with Gasteiger partial charge >= 0.3 is 25.4 Å². The van der Waals surface area contributed by atoms with Crippen LogP contribution in [0.1, 0.15) is 61.3 Å². The van der Waals surface area contributed by atoms with Crippen LogP contribution in [-0.2, 0) is 47.5 Å². The quantitative estimate of drug-likeness (QED) is 0.0777. The summed E-state index contributed by atoms with van der Waals surface area (Å²) in [5.74, 6) is 0.919. The molecule has 1 atom stereocenters. The van der Waals surface area contributed by atoms with Crippen LogP contribution in [0, 0.1) is 0 Å². The normalized spacial score (nSPS) is 14.2. The minimum Gasteiger partial charge on any atom is -0.374 e. The van der Waals surface area contributed by atoms with Crippen LogP contribution in [0.3, 0.4) is 0 Å². The van der Waals surface area contributed by atoms with E-state index < -0.39 is 30.9 Å². The molecule has 0 aromatic carbocycles. The second kappa shape index (κ2) is 22.9. The van der Waals surface area contributed by atoms with Gasteiger partial charge in [0.1, 0.15) is 5.47 Å². The summed E-state index contributed by atoms with van der Waals surface area (Å²) < 4.78 is 50.7. The number of hydrogen-bond donors (Lipinski definition) is 3. The fourth-order valence-electron chi connectivity index (χ4n) is 3.21. The summed E-state index contributed by atoms with van der Waals surface area (Å²) in [6.07, 6.45) is 2.62. The molecule has 0 radical (unpaired) electrons. The van der Waals surface area contributed by atoms with Gasteiger partial charge in [0.2, 0.25) is 0 Å². The highest BCUT2D eigenvalue weighted by molar-refractivity contribution is 8.69. The van der Waals surface area contributed by atoms with E-state index in [2.05, 4.69) is 6.92 Å². The zero-order chi connectivity index (χ0) is 28.8. The lowest BCUT2D eigenvalue weighted by atomic mass is 10.5. The lowest BCUT2D eigenvalue weighted by molar-refractivity contribution is 0.0695. The summed E-state index contributed by atoms with van der Waals surface area (Å²) in [4.78, 5) is 21.6. The van der Waals surface area contributed by atoms with E-state index in [1.54, 1.807) is 11.4 Å². The van der Waals surface area contributed by atoms with Crippen LogP contribution in [0.2, 0.25) is 12.1 Å². The summed E-state index contributed by atoms with van der Waals surface area (Å²) in [7, 11) is -9.85. The molecule has 0 aliphatic rings. The van der Waals surface area contributed by atoms with Gasteiger partial charge in [-0.05, 0) is 54.4 Å². The second-order valence-electron chi connectivity index (χ2n) is 7.28. The zero-order valence-corrected chi connectivity index (χ0v) is 28.9. The maximum Gasteiger partial charge on any atom is 0.501 e. The van der Waals surface area contributed by atoms with Crippen molar-refractivity contribution in [2.45, 2.75) is 73.4 Å². The van der Waals surface area contributed by atoms with Gasteiger partial charge in [-0.25, -0.2) is 4.57 Å². The monoisotopic (exact) mass is 648 g/mol. The first-order valence-electron chi connectivity index (χ1n) is 12.8. The molecule has 1 unspecified atom stereocenters. The average molecular weight is 649 g/mol. The van der Waals surface area contributed by atoms with Gasteiger partial charge in [-0.3, -0.25) is 0 Å². The fraction of sp³-hybridized carbons (Fsp3) is 1.00. The second-order valence-corrected chi connectivity index (χ2v) is 21.6. The molecule has 37 heavy (non-hydrogen) atoms. The molecule has 0 amide bonds. The Morgan fingerprint density at radius 1 is 0.676 bits per heavy atom. The highest BCUT2D eigenvalue weighted by Gasteiger charge is 2.40.